The fourth-order valence-corrected chi connectivity index (χ4v) is 4.05. The lowest BCUT2D eigenvalue weighted by atomic mass is 10.0. The number of nitrogens with one attached hydrogen (secondary N) is 1. The Morgan fingerprint density at radius 2 is 1.96 bits per heavy atom. The molecular formula is C22H25N3O2. The first-order chi connectivity index (χ1) is 13.0. The van der Waals surface area contributed by atoms with E-state index in [4.69, 9.17) is 0 Å². The normalized spacial score (nSPS) is 18.3. The van der Waals surface area contributed by atoms with Crippen molar-refractivity contribution in [2.45, 2.75) is 39.4 Å². The third-order valence-corrected chi connectivity index (χ3v) is 5.82. The number of hydrogen-bond acceptors (Lipinski definition) is 3. The zero-order chi connectivity index (χ0) is 19.1. The standard InChI is InChI=1S/C22H25N3O2/c1-14-6-7-16(11-15(14)2)13-23-21(26)17-8-9-18-19(12-17)24(3)20-5-4-10-25(20)22(18)27/h6-9,11-12,20H,4-5,10,13H2,1-3H3,(H,23,26). The number of fused-ring (bicyclic) bond motifs is 2. The van der Waals surface area contributed by atoms with Gasteiger partial charge in [-0.2, -0.15) is 0 Å². The fourth-order valence-electron chi connectivity index (χ4n) is 4.05. The second-order valence-electron chi connectivity index (χ2n) is 7.57. The monoisotopic (exact) mass is 363 g/mol. The van der Waals surface area contributed by atoms with E-state index in [9.17, 15) is 9.59 Å². The Bertz CT molecular complexity index is 922. The van der Waals surface area contributed by atoms with Crippen LogP contribution in [0.4, 0.5) is 5.69 Å². The van der Waals surface area contributed by atoms with Gasteiger partial charge in [-0.25, -0.2) is 0 Å². The maximum absolute atomic E-state index is 12.7. The molecule has 0 saturated carbocycles. The predicted molar refractivity (Wildman–Crippen MR) is 106 cm³/mol. The van der Waals surface area contributed by atoms with Gasteiger partial charge in [0.1, 0.15) is 6.17 Å². The highest BCUT2D eigenvalue weighted by Crippen LogP contribution is 2.35. The van der Waals surface area contributed by atoms with Crippen molar-refractivity contribution in [1.82, 2.24) is 10.2 Å². The molecule has 1 N–H and O–H groups in total. The summed E-state index contributed by atoms with van der Waals surface area (Å²) in [5.41, 5.74) is 5.66. The molecule has 2 aliphatic rings. The van der Waals surface area contributed by atoms with Crippen molar-refractivity contribution in [1.29, 1.82) is 0 Å². The van der Waals surface area contributed by atoms with Crippen LogP contribution in [0.25, 0.3) is 0 Å². The summed E-state index contributed by atoms with van der Waals surface area (Å²) >= 11 is 0. The van der Waals surface area contributed by atoms with Crippen LogP contribution < -0.4 is 10.2 Å². The molecule has 1 fully saturated rings. The molecule has 140 valence electrons. The first-order valence-corrected chi connectivity index (χ1v) is 9.48. The van der Waals surface area contributed by atoms with Crippen LogP contribution in [0, 0.1) is 13.8 Å². The Labute approximate surface area is 160 Å². The lowest BCUT2D eigenvalue weighted by molar-refractivity contribution is 0.0719. The largest absolute Gasteiger partial charge is 0.354 e. The zero-order valence-electron chi connectivity index (χ0n) is 16.1. The minimum atomic E-state index is -0.120. The summed E-state index contributed by atoms with van der Waals surface area (Å²) in [6, 6.07) is 11.6. The number of rotatable bonds is 3. The summed E-state index contributed by atoms with van der Waals surface area (Å²) in [5, 5.41) is 2.99. The van der Waals surface area contributed by atoms with Crippen LogP contribution in [-0.2, 0) is 6.54 Å². The van der Waals surface area contributed by atoms with E-state index in [0.29, 0.717) is 17.7 Å². The van der Waals surface area contributed by atoms with Crippen molar-refractivity contribution in [3.05, 3.63) is 64.2 Å². The van der Waals surface area contributed by atoms with Crippen LogP contribution in [0.1, 0.15) is 50.2 Å². The van der Waals surface area contributed by atoms with Gasteiger partial charge in [-0.3, -0.25) is 9.59 Å². The molecule has 5 heteroatoms. The summed E-state index contributed by atoms with van der Waals surface area (Å²) in [7, 11) is 2.00. The van der Waals surface area contributed by atoms with Crippen molar-refractivity contribution < 1.29 is 9.59 Å². The van der Waals surface area contributed by atoms with E-state index < -0.39 is 0 Å². The third-order valence-electron chi connectivity index (χ3n) is 5.82. The van der Waals surface area contributed by atoms with Gasteiger partial charge in [0, 0.05) is 25.7 Å². The van der Waals surface area contributed by atoms with Gasteiger partial charge in [-0.15, -0.1) is 0 Å². The third kappa shape index (κ3) is 3.07. The molecule has 27 heavy (non-hydrogen) atoms. The highest BCUT2D eigenvalue weighted by Gasteiger charge is 2.38. The van der Waals surface area contributed by atoms with Crippen LogP contribution in [0.5, 0.6) is 0 Å². The molecule has 1 unspecified atom stereocenters. The second kappa shape index (κ2) is 6.72. The highest BCUT2D eigenvalue weighted by molar-refractivity contribution is 6.04. The van der Waals surface area contributed by atoms with E-state index in [-0.39, 0.29) is 18.0 Å². The highest BCUT2D eigenvalue weighted by atomic mass is 16.2. The van der Waals surface area contributed by atoms with E-state index >= 15 is 0 Å². The van der Waals surface area contributed by atoms with E-state index in [1.54, 1.807) is 12.1 Å². The molecular weight excluding hydrogens is 338 g/mol. The van der Waals surface area contributed by atoms with Crippen molar-refractivity contribution in [3.63, 3.8) is 0 Å². The minimum Gasteiger partial charge on any atom is -0.354 e. The molecule has 0 aromatic heterocycles. The minimum absolute atomic E-state index is 0.0766. The molecule has 2 aromatic rings. The number of aryl methyl sites for hydroxylation is 2. The number of anilines is 1. The Hall–Kier alpha value is -2.82. The molecule has 1 atom stereocenters. The first kappa shape index (κ1) is 17.6. The summed E-state index contributed by atoms with van der Waals surface area (Å²) in [6.07, 6.45) is 2.11. The van der Waals surface area contributed by atoms with Crippen LogP contribution in [0.3, 0.4) is 0 Å². The molecule has 5 nitrogen and oxygen atoms in total. The van der Waals surface area contributed by atoms with E-state index in [1.807, 2.05) is 24.1 Å². The van der Waals surface area contributed by atoms with Gasteiger partial charge in [-0.1, -0.05) is 18.2 Å². The lowest BCUT2D eigenvalue weighted by Crippen LogP contribution is -2.50. The quantitative estimate of drug-likeness (QED) is 0.911. The number of carbonyl (C=O) groups is 2. The molecule has 0 aliphatic carbocycles. The van der Waals surface area contributed by atoms with E-state index in [1.165, 1.54) is 11.1 Å². The van der Waals surface area contributed by atoms with Crippen molar-refractivity contribution in [2.24, 2.45) is 0 Å². The molecule has 4 rings (SSSR count). The SMILES string of the molecule is Cc1ccc(CNC(=O)c2ccc3c(c2)N(C)C2CCCN2C3=O)cc1C. The fraction of sp³-hybridized carbons (Fsp3) is 0.364. The van der Waals surface area contributed by atoms with Gasteiger partial charge in [0.05, 0.1) is 11.3 Å². The Kier molecular flexibility index (Phi) is 4.38. The van der Waals surface area contributed by atoms with Crippen LogP contribution in [0.2, 0.25) is 0 Å². The smallest absolute Gasteiger partial charge is 0.257 e. The van der Waals surface area contributed by atoms with Crippen LogP contribution >= 0.6 is 0 Å². The van der Waals surface area contributed by atoms with Crippen LogP contribution in [-0.4, -0.2) is 36.5 Å². The van der Waals surface area contributed by atoms with Gasteiger partial charge in [-0.05, 0) is 61.6 Å². The summed E-state index contributed by atoms with van der Waals surface area (Å²) < 4.78 is 0. The molecule has 2 amide bonds. The van der Waals surface area contributed by atoms with Crippen LogP contribution in [0.15, 0.2) is 36.4 Å². The Balaban J connectivity index is 1.53. The number of hydrogen-bond donors (Lipinski definition) is 1. The average molecular weight is 363 g/mol. The van der Waals surface area contributed by atoms with Gasteiger partial charge < -0.3 is 15.1 Å². The number of nitrogens with zero attached hydrogens (tertiary/aromatic N) is 2. The lowest BCUT2D eigenvalue weighted by Gasteiger charge is -2.40. The maximum atomic E-state index is 12.7. The number of amides is 2. The average Bonchev–Trinajstić information content (AvgIpc) is 3.17. The van der Waals surface area contributed by atoms with E-state index in [2.05, 4.69) is 36.2 Å². The number of carbonyl (C=O) groups excluding carboxylic acids is 2. The zero-order valence-corrected chi connectivity index (χ0v) is 16.1. The first-order valence-electron chi connectivity index (χ1n) is 9.48. The summed E-state index contributed by atoms with van der Waals surface area (Å²) in [6.45, 7) is 5.45. The Morgan fingerprint density at radius 3 is 2.74 bits per heavy atom. The van der Waals surface area contributed by atoms with Gasteiger partial charge in [0.25, 0.3) is 11.8 Å². The van der Waals surface area contributed by atoms with E-state index in [0.717, 1.165) is 30.6 Å². The molecule has 2 aromatic carbocycles. The molecule has 1 saturated heterocycles. The molecule has 2 aliphatic heterocycles. The second-order valence-corrected chi connectivity index (χ2v) is 7.57. The van der Waals surface area contributed by atoms with Crippen molar-refractivity contribution in [2.75, 3.05) is 18.5 Å². The van der Waals surface area contributed by atoms with Gasteiger partial charge >= 0.3 is 0 Å². The van der Waals surface area contributed by atoms with Gasteiger partial charge in [0.15, 0.2) is 0 Å². The molecule has 0 bridgehead atoms. The topological polar surface area (TPSA) is 52.7 Å². The molecule has 0 spiro atoms. The predicted octanol–water partition coefficient (Wildman–Crippen LogP) is 3.25. The summed E-state index contributed by atoms with van der Waals surface area (Å²) in [4.78, 5) is 29.4. The number of benzene rings is 2. The maximum Gasteiger partial charge on any atom is 0.257 e. The van der Waals surface area contributed by atoms with Crippen molar-refractivity contribution >= 4 is 17.5 Å². The molecule has 0 radical (unpaired) electrons. The Morgan fingerprint density at radius 1 is 1.15 bits per heavy atom. The van der Waals surface area contributed by atoms with Crippen molar-refractivity contribution in [3.8, 4) is 0 Å². The van der Waals surface area contributed by atoms with Gasteiger partial charge in [0.2, 0.25) is 0 Å². The molecule has 2 heterocycles. The summed E-state index contributed by atoms with van der Waals surface area (Å²) in [5.74, 6) is -0.0431.